The van der Waals surface area contributed by atoms with Gasteiger partial charge in [-0.1, -0.05) is 25.5 Å². The van der Waals surface area contributed by atoms with Crippen molar-refractivity contribution >= 4 is 5.91 Å². The largest absolute Gasteiger partial charge is 0.496 e. The second kappa shape index (κ2) is 8.19. The van der Waals surface area contributed by atoms with Gasteiger partial charge in [0.2, 0.25) is 0 Å². The van der Waals surface area contributed by atoms with Crippen LogP contribution in [0, 0.1) is 6.92 Å². The molecule has 0 bridgehead atoms. The first kappa shape index (κ1) is 17.6. The molecule has 0 unspecified atom stereocenters. The Morgan fingerprint density at radius 1 is 1.30 bits per heavy atom. The lowest BCUT2D eigenvalue weighted by atomic mass is 9.95. The number of carbonyl (C=O) groups is 1. The molecule has 2 rings (SSSR count). The molecule has 3 nitrogen and oxygen atoms in total. The van der Waals surface area contributed by atoms with Crippen LogP contribution in [0.3, 0.4) is 0 Å². The number of hydrogen-bond donors (Lipinski definition) is 1. The molecule has 1 aliphatic rings. The van der Waals surface area contributed by atoms with Crippen molar-refractivity contribution < 1.29 is 9.53 Å². The van der Waals surface area contributed by atoms with Gasteiger partial charge in [0.05, 0.1) is 7.11 Å². The fourth-order valence-corrected chi connectivity index (χ4v) is 3.13. The van der Waals surface area contributed by atoms with Crippen LogP contribution >= 0.6 is 0 Å². The number of ether oxygens (including phenoxy) is 1. The van der Waals surface area contributed by atoms with E-state index in [4.69, 9.17) is 4.74 Å². The fourth-order valence-electron chi connectivity index (χ4n) is 3.13. The Labute approximate surface area is 140 Å². The smallest absolute Gasteiger partial charge is 0.251 e. The van der Waals surface area contributed by atoms with Crippen LogP contribution in [0.15, 0.2) is 23.8 Å². The average molecular weight is 315 g/mol. The summed E-state index contributed by atoms with van der Waals surface area (Å²) in [7, 11) is 1.68. The molecular formula is C20H29NO2. The molecule has 1 aromatic carbocycles. The maximum absolute atomic E-state index is 12.5. The highest BCUT2D eigenvalue weighted by Gasteiger charge is 2.15. The van der Waals surface area contributed by atoms with E-state index in [2.05, 4.69) is 25.2 Å². The molecule has 0 saturated heterocycles. The number of amides is 1. The molecule has 3 heteroatoms. The number of methoxy groups -OCH3 is 1. The van der Waals surface area contributed by atoms with Gasteiger partial charge in [-0.2, -0.15) is 0 Å². The summed E-state index contributed by atoms with van der Waals surface area (Å²) in [6, 6.07) is 3.95. The van der Waals surface area contributed by atoms with Crippen molar-refractivity contribution in [2.45, 2.75) is 58.8 Å². The van der Waals surface area contributed by atoms with E-state index < -0.39 is 0 Å². The van der Waals surface area contributed by atoms with Gasteiger partial charge < -0.3 is 10.1 Å². The highest BCUT2D eigenvalue weighted by Crippen LogP contribution is 2.29. The first-order valence-corrected chi connectivity index (χ1v) is 8.67. The second-order valence-electron chi connectivity index (χ2n) is 6.68. The SMILES string of the molecule is COc1cc(C)c(C(=O)NCCC2=CCCCC2)cc1C(C)C. The third kappa shape index (κ3) is 4.60. The van der Waals surface area contributed by atoms with E-state index in [1.54, 1.807) is 7.11 Å². The molecule has 0 spiro atoms. The zero-order chi connectivity index (χ0) is 16.8. The molecule has 0 atom stereocenters. The van der Waals surface area contributed by atoms with Gasteiger partial charge in [-0.3, -0.25) is 4.79 Å². The molecule has 0 aromatic heterocycles. The molecule has 23 heavy (non-hydrogen) atoms. The molecule has 0 fully saturated rings. The average Bonchev–Trinajstić information content (AvgIpc) is 2.55. The summed E-state index contributed by atoms with van der Waals surface area (Å²) in [5.41, 5.74) is 4.29. The van der Waals surface area contributed by atoms with E-state index in [-0.39, 0.29) is 5.91 Å². The molecule has 1 aromatic rings. The van der Waals surface area contributed by atoms with Crippen LogP contribution in [0.25, 0.3) is 0 Å². The lowest BCUT2D eigenvalue weighted by molar-refractivity contribution is 0.0953. The van der Waals surface area contributed by atoms with Crippen molar-refractivity contribution in [3.63, 3.8) is 0 Å². The molecule has 0 saturated carbocycles. The van der Waals surface area contributed by atoms with Gasteiger partial charge in [0.15, 0.2) is 0 Å². The van der Waals surface area contributed by atoms with Gasteiger partial charge >= 0.3 is 0 Å². The number of rotatable bonds is 6. The van der Waals surface area contributed by atoms with Gasteiger partial charge in [-0.15, -0.1) is 0 Å². The first-order valence-electron chi connectivity index (χ1n) is 8.67. The number of nitrogens with one attached hydrogen (secondary N) is 1. The van der Waals surface area contributed by atoms with Crippen molar-refractivity contribution in [2.24, 2.45) is 0 Å². The van der Waals surface area contributed by atoms with Gasteiger partial charge in [-0.05, 0) is 68.2 Å². The molecule has 1 amide bonds. The van der Waals surface area contributed by atoms with Crippen LogP contribution in [-0.4, -0.2) is 19.6 Å². The summed E-state index contributed by atoms with van der Waals surface area (Å²) in [5, 5.41) is 3.07. The van der Waals surface area contributed by atoms with Gasteiger partial charge in [0, 0.05) is 12.1 Å². The minimum absolute atomic E-state index is 0.0171. The summed E-state index contributed by atoms with van der Waals surface area (Å²) in [4.78, 5) is 12.5. The van der Waals surface area contributed by atoms with Crippen LogP contribution in [-0.2, 0) is 0 Å². The van der Waals surface area contributed by atoms with Crippen molar-refractivity contribution in [1.82, 2.24) is 5.32 Å². The third-order valence-electron chi connectivity index (χ3n) is 4.56. The van der Waals surface area contributed by atoms with Crippen LogP contribution in [0.2, 0.25) is 0 Å². The normalized spacial score (nSPS) is 14.6. The number of hydrogen-bond acceptors (Lipinski definition) is 2. The predicted octanol–water partition coefficient (Wildman–Crippen LogP) is 4.75. The van der Waals surface area contributed by atoms with E-state index in [1.165, 1.54) is 31.3 Å². The van der Waals surface area contributed by atoms with Crippen LogP contribution in [0.5, 0.6) is 5.75 Å². The van der Waals surface area contributed by atoms with E-state index in [1.807, 2.05) is 19.1 Å². The zero-order valence-corrected chi connectivity index (χ0v) is 14.9. The standard InChI is InChI=1S/C20H29NO2/c1-14(2)17-13-18(15(3)12-19(17)23-4)20(22)21-11-10-16-8-6-5-7-9-16/h8,12-14H,5-7,9-11H2,1-4H3,(H,21,22). The lowest BCUT2D eigenvalue weighted by Gasteiger charge is -2.16. The Balaban J connectivity index is 2.03. The Kier molecular flexibility index (Phi) is 6.26. The predicted molar refractivity (Wildman–Crippen MR) is 95.3 cm³/mol. The number of aryl methyl sites for hydroxylation is 1. The van der Waals surface area contributed by atoms with Gasteiger partial charge in [-0.25, -0.2) is 0 Å². The Hall–Kier alpha value is -1.77. The minimum Gasteiger partial charge on any atom is -0.496 e. The summed E-state index contributed by atoms with van der Waals surface area (Å²) in [6.45, 7) is 6.91. The van der Waals surface area contributed by atoms with Gasteiger partial charge in [0.25, 0.3) is 5.91 Å². The molecule has 0 radical (unpaired) electrons. The maximum Gasteiger partial charge on any atom is 0.251 e. The summed E-state index contributed by atoms with van der Waals surface area (Å²) in [6.07, 6.45) is 8.28. The second-order valence-corrected chi connectivity index (χ2v) is 6.68. The lowest BCUT2D eigenvalue weighted by Crippen LogP contribution is -2.26. The molecule has 1 aliphatic carbocycles. The number of carbonyl (C=O) groups excluding carboxylic acids is 1. The van der Waals surface area contributed by atoms with E-state index in [9.17, 15) is 4.79 Å². The molecule has 0 aliphatic heterocycles. The van der Waals surface area contributed by atoms with Crippen LogP contribution in [0.1, 0.15) is 73.4 Å². The van der Waals surface area contributed by atoms with Crippen molar-refractivity contribution in [3.8, 4) is 5.75 Å². The topological polar surface area (TPSA) is 38.3 Å². The quantitative estimate of drug-likeness (QED) is 0.769. The fraction of sp³-hybridized carbons (Fsp3) is 0.550. The molecule has 1 N–H and O–H groups in total. The summed E-state index contributed by atoms with van der Waals surface area (Å²) in [5.74, 6) is 1.20. The Morgan fingerprint density at radius 3 is 2.70 bits per heavy atom. The molecule has 126 valence electrons. The summed E-state index contributed by atoms with van der Waals surface area (Å²) >= 11 is 0. The molecule has 0 heterocycles. The van der Waals surface area contributed by atoms with Crippen molar-refractivity contribution in [3.05, 3.63) is 40.5 Å². The van der Waals surface area contributed by atoms with Crippen LogP contribution in [0.4, 0.5) is 0 Å². The zero-order valence-electron chi connectivity index (χ0n) is 14.9. The number of allylic oxidation sites excluding steroid dienone is 1. The van der Waals surface area contributed by atoms with E-state index >= 15 is 0 Å². The third-order valence-corrected chi connectivity index (χ3v) is 4.56. The number of benzene rings is 1. The highest BCUT2D eigenvalue weighted by molar-refractivity contribution is 5.96. The van der Waals surface area contributed by atoms with Crippen molar-refractivity contribution in [2.75, 3.05) is 13.7 Å². The minimum atomic E-state index is 0.0171. The van der Waals surface area contributed by atoms with Crippen molar-refractivity contribution in [1.29, 1.82) is 0 Å². The van der Waals surface area contributed by atoms with Crippen LogP contribution < -0.4 is 10.1 Å². The Morgan fingerprint density at radius 2 is 2.09 bits per heavy atom. The monoisotopic (exact) mass is 315 g/mol. The van der Waals surface area contributed by atoms with Gasteiger partial charge in [0.1, 0.15) is 5.75 Å². The summed E-state index contributed by atoms with van der Waals surface area (Å²) < 4.78 is 5.44. The highest BCUT2D eigenvalue weighted by atomic mass is 16.5. The first-order chi connectivity index (χ1) is 11.0. The molecular weight excluding hydrogens is 286 g/mol. The maximum atomic E-state index is 12.5. The van der Waals surface area contributed by atoms with E-state index in [0.29, 0.717) is 12.5 Å². The van der Waals surface area contributed by atoms with E-state index in [0.717, 1.165) is 28.9 Å². The Bertz CT molecular complexity index is 588.